The minimum Gasteiger partial charge on any atom is -0.390 e. The molecule has 0 aliphatic heterocycles. The Morgan fingerprint density at radius 3 is 3.06 bits per heavy atom. The molecule has 2 atom stereocenters. The van der Waals surface area contributed by atoms with E-state index in [0.717, 1.165) is 10.2 Å². The number of hydrogen-bond donors (Lipinski definition) is 2. The lowest BCUT2D eigenvalue weighted by Gasteiger charge is -2.17. The maximum atomic E-state index is 9.98. The molecule has 0 spiro atoms. The predicted octanol–water partition coefficient (Wildman–Crippen LogP) is 2.39. The Hall–Kier alpha value is -1.66. The van der Waals surface area contributed by atoms with Gasteiger partial charge in [0.1, 0.15) is 6.10 Å². The van der Waals surface area contributed by atoms with Gasteiger partial charge in [0.15, 0.2) is 0 Å². The average Bonchev–Trinajstić information content (AvgIpc) is 2.85. The lowest BCUT2D eigenvalue weighted by Crippen LogP contribution is -2.19. The largest absolute Gasteiger partial charge is 0.390 e. The summed E-state index contributed by atoms with van der Waals surface area (Å²) in [6.07, 6.45) is -1.70. The minimum absolute atomic E-state index is 0.164. The van der Waals surface area contributed by atoms with E-state index in [1.54, 1.807) is 11.6 Å². The highest BCUT2D eigenvalue weighted by Gasteiger charge is 2.18. The lowest BCUT2D eigenvalue weighted by atomic mass is 10.0. The van der Waals surface area contributed by atoms with Crippen molar-refractivity contribution in [1.82, 2.24) is 4.98 Å². The van der Waals surface area contributed by atoms with Crippen molar-refractivity contribution in [3.8, 4) is 0 Å². The summed E-state index contributed by atoms with van der Waals surface area (Å²) in [5.74, 6) is 0. The summed E-state index contributed by atoms with van der Waals surface area (Å²) in [6, 6.07) is 5.36. The Labute approximate surface area is 107 Å². The molecule has 2 unspecified atom stereocenters. The zero-order valence-corrected chi connectivity index (χ0v) is 10.3. The van der Waals surface area contributed by atoms with Crippen LogP contribution in [0.25, 0.3) is 20.7 Å². The van der Waals surface area contributed by atoms with Crippen LogP contribution >= 0.6 is 11.3 Å². The maximum absolute atomic E-state index is 9.98. The first-order valence-corrected chi connectivity index (χ1v) is 6.30. The van der Waals surface area contributed by atoms with Crippen molar-refractivity contribution in [3.05, 3.63) is 39.7 Å². The number of fused-ring (bicyclic) bond motifs is 1. The fourth-order valence-corrected chi connectivity index (χ4v) is 2.40. The van der Waals surface area contributed by atoms with Gasteiger partial charge < -0.3 is 10.2 Å². The van der Waals surface area contributed by atoms with E-state index in [-0.39, 0.29) is 13.0 Å². The van der Waals surface area contributed by atoms with E-state index in [2.05, 4.69) is 15.0 Å². The zero-order chi connectivity index (χ0) is 13.0. The highest BCUT2D eigenvalue weighted by atomic mass is 32.1. The van der Waals surface area contributed by atoms with Gasteiger partial charge in [-0.05, 0) is 29.6 Å². The molecule has 2 N–H and O–H groups in total. The van der Waals surface area contributed by atoms with Gasteiger partial charge in [-0.2, -0.15) is 0 Å². The van der Waals surface area contributed by atoms with E-state index < -0.39 is 12.2 Å². The standard InChI is InChI=1S/C11H12N4O2S/c12-15-14-4-3-9(16)11(17)7-1-2-8-10(5-7)18-6-13-8/h1-2,5-6,9,11,16-17H,3-4H2. The van der Waals surface area contributed by atoms with Crippen LogP contribution in [0.1, 0.15) is 18.1 Å². The number of aliphatic hydroxyl groups excluding tert-OH is 2. The molecule has 0 amide bonds. The molecule has 0 saturated heterocycles. The molecule has 0 saturated carbocycles. The topological polar surface area (TPSA) is 102 Å². The molecule has 0 aliphatic carbocycles. The van der Waals surface area contributed by atoms with Crippen LogP contribution in [0, 0.1) is 0 Å². The Morgan fingerprint density at radius 2 is 2.28 bits per heavy atom. The van der Waals surface area contributed by atoms with Crippen LogP contribution in [0.5, 0.6) is 0 Å². The van der Waals surface area contributed by atoms with Gasteiger partial charge in [-0.25, -0.2) is 4.98 Å². The summed E-state index contributed by atoms with van der Waals surface area (Å²) in [7, 11) is 0. The van der Waals surface area contributed by atoms with Crippen LogP contribution in [0.2, 0.25) is 0 Å². The number of hydrogen-bond acceptors (Lipinski definition) is 5. The van der Waals surface area contributed by atoms with Crippen molar-refractivity contribution in [1.29, 1.82) is 0 Å². The summed E-state index contributed by atoms with van der Waals surface area (Å²) < 4.78 is 0.966. The third-order valence-corrected chi connectivity index (χ3v) is 3.44. The SMILES string of the molecule is [N-]=[N+]=NCCC(O)C(O)c1ccc2ncsc2c1. The van der Waals surface area contributed by atoms with Crippen molar-refractivity contribution in [2.45, 2.75) is 18.6 Å². The maximum Gasteiger partial charge on any atom is 0.105 e. The average molecular weight is 264 g/mol. The number of aliphatic hydroxyl groups is 2. The monoisotopic (exact) mass is 264 g/mol. The molecule has 0 fully saturated rings. The van der Waals surface area contributed by atoms with E-state index in [4.69, 9.17) is 5.53 Å². The summed E-state index contributed by atoms with van der Waals surface area (Å²) in [5.41, 5.74) is 11.4. The van der Waals surface area contributed by atoms with Crippen LogP contribution in [0.4, 0.5) is 0 Å². The quantitative estimate of drug-likeness (QED) is 0.492. The highest BCUT2D eigenvalue weighted by Crippen LogP contribution is 2.25. The summed E-state index contributed by atoms with van der Waals surface area (Å²) >= 11 is 1.48. The molecule has 1 aromatic heterocycles. The summed E-state index contributed by atoms with van der Waals surface area (Å²) in [6.45, 7) is 0.164. The van der Waals surface area contributed by atoms with Crippen molar-refractivity contribution in [3.63, 3.8) is 0 Å². The number of nitrogens with zero attached hydrogens (tertiary/aromatic N) is 4. The fraction of sp³-hybridized carbons (Fsp3) is 0.364. The van der Waals surface area contributed by atoms with Crippen LogP contribution in [-0.2, 0) is 0 Å². The van der Waals surface area contributed by atoms with Gasteiger partial charge in [-0.15, -0.1) is 11.3 Å². The van der Waals surface area contributed by atoms with Crippen LogP contribution in [0.15, 0.2) is 28.8 Å². The number of azide groups is 1. The van der Waals surface area contributed by atoms with Gasteiger partial charge in [-0.1, -0.05) is 11.2 Å². The Bertz CT molecular complexity index is 579. The molecule has 1 aromatic carbocycles. The van der Waals surface area contributed by atoms with Gasteiger partial charge >= 0.3 is 0 Å². The first-order valence-electron chi connectivity index (χ1n) is 5.42. The van der Waals surface area contributed by atoms with Gasteiger partial charge in [0.05, 0.1) is 21.8 Å². The molecule has 2 aromatic rings. The number of thiazole rings is 1. The molecule has 2 rings (SSSR count). The molecular formula is C11H12N4O2S. The van der Waals surface area contributed by atoms with E-state index in [1.807, 2.05) is 12.1 Å². The first-order chi connectivity index (χ1) is 8.72. The van der Waals surface area contributed by atoms with Crippen molar-refractivity contribution in [2.75, 3.05) is 6.54 Å². The van der Waals surface area contributed by atoms with Crippen molar-refractivity contribution in [2.24, 2.45) is 5.11 Å². The number of aromatic nitrogens is 1. The van der Waals surface area contributed by atoms with E-state index >= 15 is 0 Å². The molecular weight excluding hydrogens is 252 g/mol. The van der Waals surface area contributed by atoms with E-state index in [1.165, 1.54) is 11.3 Å². The second kappa shape index (κ2) is 5.79. The van der Waals surface area contributed by atoms with Gasteiger partial charge in [-0.3, -0.25) is 0 Å². The van der Waals surface area contributed by atoms with Crippen LogP contribution in [-0.4, -0.2) is 27.8 Å². The summed E-state index contributed by atoms with van der Waals surface area (Å²) in [5, 5.41) is 23.1. The molecule has 94 valence electrons. The van der Waals surface area contributed by atoms with Crippen molar-refractivity contribution < 1.29 is 10.2 Å². The van der Waals surface area contributed by atoms with Gasteiger partial charge in [0.25, 0.3) is 0 Å². The minimum atomic E-state index is -0.981. The van der Waals surface area contributed by atoms with Gasteiger partial charge in [0, 0.05) is 11.5 Å². The Kier molecular flexibility index (Phi) is 4.11. The molecule has 0 bridgehead atoms. The third-order valence-electron chi connectivity index (χ3n) is 2.65. The predicted molar refractivity (Wildman–Crippen MR) is 69.2 cm³/mol. The third kappa shape index (κ3) is 2.77. The van der Waals surface area contributed by atoms with Crippen LogP contribution < -0.4 is 0 Å². The normalized spacial score (nSPS) is 14.1. The summed E-state index contributed by atoms with van der Waals surface area (Å²) in [4.78, 5) is 6.74. The van der Waals surface area contributed by atoms with Gasteiger partial charge in [0.2, 0.25) is 0 Å². The number of rotatable bonds is 5. The molecule has 18 heavy (non-hydrogen) atoms. The lowest BCUT2D eigenvalue weighted by molar-refractivity contribution is 0.0151. The molecule has 7 heteroatoms. The second-order valence-corrected chi connectivity index (χ2v) is 4.72. The Morgan fingerprint density at radius 1 is 1.44 bits per heavy atom. The molecule has 0 aliphatic rings. The van der Waals surface area contributed by atoms with E-state index in [0.29, 0.717) is 5.56 Å². The van der Waals surface area contributed by atoms with E-state index in [9.17, 15) is 10.2 Å². The second-order valence-electron chi connectivity index (χ2n) is 3.83. The number of benzene rings is 1. The van der Waals surface area contributed by atoms with Crippen molar-refractivity contribution >= 4 is 21.6 Å². The zero-order valence-electron chi connectivity index (χ0n) is 9.47. The highest BCUT2D eigenvalue weighted by molar-refractivity contribution is 7.16. The van der Waals surface area contributed by atoms with Crippen LogP contribution in [0.3, 0.4) is 0 Å². The molecule has 1 heterocycles. The Balaban J connectivity index is 2.11. The molecule has 6 nitrogen and oxygen atoms in total. The fourth-order valence-electron chi connectivity index (χ4n) is 1.67. The molecule has 0 radical (unpaired) electrons. The smallest absolute Gasteiger partial charge is 0.105 e. The first kappa shape index (κ1) is 12.8.